The quantitative estimate of drug-likeness (QED) is 0.849. The first-order chi connectivity index (χ1) is 9.09. The Morgan fingerprint density at radius 3 is 2.68 bits per heavy atom. The van der Waals surface area contributed by atoms with E-state index < -0.39 is 0 Å². The van der Waals surface area contributed by atoms with Crippen molar-refractivity contribution in [2.45, 2.75) is 45.1 Å². The van der Waals surface area contributed by atoms with Crippen molar-refractivity contribution < 1.29 is 4.79 Å². The van der Waals surface area contributed by atoms with E-state index in [1.165, 1.54) is 19.3 Å². The molecule has 1 saturated carbocycles. The van der Waals surface area contributed by atoms with Crippen LogP contribution in [0.15, 0.2) is 24.3 Å². The van der Waals surface area contributed by atoms with Crippen LogP contribution < -0.4 is 5.73 Å². The highest BCUT2D eigenvalue weighted by atomic mass is 16.2. The summed E-state index contributed by atoms with van der Waals surface area (Å²) in [4.78, 5) is 14.3. The fourth-order valence-corrected chi connectivity index (χ4v) is 3.04. The predicted molar refractivity (Wildman–Crippen MR) is 78.7 cm³/mol. The molecule has 0 aromatic heterocycles. The van der Waals surface area contributed by atoms with E-state index in [-0.39, 0.29) is 5.91 Å². The van der Waals surface area contributed by atoms with Crippen LogP contribution >= 0.6 is 0 Å². The van der Waals surface area contributed by atoms with E-state index >= 15 is 0 Å². The maximum Gasteiger partial charge on any atom is 0.227 e. The van der Waals surface area contributed by atoms with Crippen molar-refractivity contribution in [2.75, 3.05) is 12.8 Å². The van der Waals surface area contributed by atoms with Gasteiger partial charge in [0.1, 0.15) is 0 Å². The molecule has 1 aliphatic carbocycles. The Hall–Kier alpha value is -1.51. The molecule has 104 valence electrons. The molecule has 0 radical (unpaired) electrons. The fraction of sp³-hybridized carbons (Fsp3) is 0.562. The van der Waals surface area contributed by atoms with Gasteiger partial charge in [-0.2, -0.15) is 0 Å². The van der Waals surface area contributed by atoms with E-state index in [4.69, 9.17) is 5.73 Å². The van der Waals surface area contributed by atoms with E-state index in [2.05, 4.69) is 6.92 Å². The van der Waals surface area contributed by atoms with E-state index in [0.29, 0.717) is 24.1 Å². The predicted octanol–water partition coefficient (Wildman–Crippen LogP) is 2.85. The second kappa shape index (κ2) is 6.09. The average Bonchev–Trinajstić information content (AvgIpc) is 2.41. The summed E-state index contributed by atoms with van der Waals surface area (Å²) in [6.45, 7) is 2.25. The molecule has 1 aromatic carbocycles. The summed E-state index contributed by atoms with van der Waals surface area (Å²) in [5, 5.41) is 0. The number of benzene rings is 1. The highest BCUT2D eigenvalue weighted by molar-refractivity contribution is 5.80. The molecule has 0 spiro atoms. The first-order valence-electron chi connectivity index (χ1n) is 7.18. The van der Waals surface area contributed by atoms with Crippen molar-refractivity contribution in [3.05, 3.63) is 29.8 Å². The summed E-state index contributed by atoms with van der Waals surface area (Å²) in [6, 6.07) is 8.02. The summed E-state index contributed by atoms with van der Waals surface area (Å²) in [6.07, 6.45) is 5.31. The van der Waals surface area contributed by atoms with Gasteiger partial charge in [-0.3, -0.25) is 4.79 Å². The van der Waals surface area contributed by atoms with Crippen LogP contribution in [0, 0.1) is 5.92 Å². The minimum atomic E-state index is 0.177. The number of likely N-dealkylation sites (N-methyl/N-ethyl adjacent to an activating group) is 1. The average molecular weight is 260 g/mol. The third-order valence-electron chi connectivity index (χ3n) is 4.35. The van der Waals surface area contributed by atoms with Gasteiger partial charge in [0.05, 0.1) is 6.42 Å². The third-order valence-corrected chi connectivity index (χ3v) is 4.35. The first kappa shape index (κ1) is 13.9. The van der Waals surface area contributed by atoms with Crippen molar-refractivity contribution in [1.29, 1.82) is 0 Å². The van der Waals surface area contributed by atoms with Gasteiger partial charge in [-0.15, -0.1) is 0 Å². The molecule has 2 rings (SSSR count). The topological polar surface area (TPSA) is 46.3 Å². The van der Waals surface area contributed by atoms with Crippen LogP contribution in [0.3, 0.4) is 0 Å². The van der Waals surface area contributed by atoms with Gasteiger partial charge in [0, 0.05) is 18.8 Å². The zero-order valence-corrected chi connectivity index (χ0v) is 11.9. The molecule has 1 fully saturated rings. The molecule has 3 nitrogen and oxygen atoms in total. The van der Waals surface area contributed by atoms with Crippen molar-refractivity contribution in [3.8, 4) is 0 Å². The van der Waals surface area contributed by atoms with Crippen molar-refractivity contribution >= 4 is 11.6 Å². The molecule has 1 aromatic rings. The monoisotopic (exact) mass is 260 g/mol. The van der Waals surface area contributed by atoms with Crippen LogP contribution in [-0.2, 0) is 11.2 Å². The summed E-state index contributed by atoms with van der Waals surface area (Å²) in [5.74, 6) is 0.785. The number of hydrogen-bond donors (Lipinski definition) is 1. The van der Waals surface area contributed by atoms with Gasteiger partial charge in [0.25, 0.3) is 0 Å². The second-order valence-electron chi connectivity index (χ2n) is 5.71. The minimum absolute atomic E-state index is 0.177. The minimum Gasteiger partial charge on any atom is -0.398 e. The molecule has 0 heterocycles. The van der Waals surface area contributed by atoms with Crippen LogP contribution in [0.1, 0.15) is 38.2 Å². The Kier molecular flexibility index (Phi) is 4.46. The highest BCUT2D eigenvalue weighted by Crippen LogP contribution is 2.27. The van der Waals surface area contributed by atoms with Gasteiger partial charge in [0.15, 0.2) is 0 Å². The SMILES string of the molecule is CC1CCCCC1N(C)C(=O)Cc1ccccc1N. The van der Waals surface area contributed by atoms with Crippen molar-refractivity contribution in [3.63, 3.8) is 0 Å². The van der Waals surface area contributed by atoms with E-state index in [0.717, 1.165) is 12.0 Å². The lowest BCUT2D eigenvalue weighted by Gasteiger charge is -2.36. The molecule has 2 atom stereocenters. The number of nitrogen functional groups attached to an aromatic ring is 1. The molecule has 1 aliphatic rings. The molecule has 0 aliphatic heterocycles. The van der Waals surface area contributed by atoms with Gasteiger partial charge in [-0.25, -0.2) is 0 Å². The summed E-state index contributed by atoms with van der Waals surface area (Å²) in [7, 11) is 1.94. The Labute approximate surface area is 115 Å². The number of carbonyl (C=O) groups is 1. The second-order valence-corrected chi connectivity index (χ2v) is 5.71. The smallest absolute Gasteiger partial charge is 0.227 e. The number of hydrogen-bond acceptors (Lipinski definition) is 2. The number of nitrogens with two attached hydrogens (primary N) is 1. The zero-order chi connectivity index (χ0) is 13.8. The molecule has 0 saturated heterocycles. The first-order valence-corrected chi connectivity index (χ1v) is 7.18. The molecule has 2 N–H and O–H groups in total. The standard InChI is InChI=1S/C16H24N2O/c1-12-7-3-6-10-15(12)18(2)16(19)11-13-8-4-5-9-14(13)17/h4-5,8-9,12,15H,3,6-7,10-11,17H2,1-2H3. The maximum atomic E-state index is 12.4. The van der Waals surface area contributed by atoms with Crippen LogP contribution in [0.2, 0.25) is 0 Å². The van der Waals surface area contributed by atoms with E-state index in [1.807, 2.05) is 36.2 Å². The molecule has 3 heteroatoms. The van der Waals surface area contributed by atoms with E-state index in [9.17, 15) is 4.79 Å². The largest absolute Gasteiger partial charge is 0.398 e. The lowest BCUT2D eigenvalue weighted by molar-refractivity contribution is -0.132. The molecular weight excluding hydrogens is 236 g/mol. The molecule has 1 amide bonds. The molecular formula is C16H24N2O. The Morgan fingerprint density at radius 1 is 1.32 bits per heavy atom. The van der Waals surface area contributed by atoms with Gasteiger partial charge in [-0.1, -0.05) is 38.0 Å². The van der Waals surface area contributed by atoms with Crippen LogP contribution in [0.4, 0.5) is 5.69 Å². The molecule has 19 heavy (non-hydrogen) atoms. The summed E-state index contributed by atoms with van der Waals surface area (Å²) < 4.78 is 0. The van der Waals surface area contributed by atoms with Crippen molar-refractivity contribution in [1.82, 2.24) is 4.90 Å². The molecule has 0 bridgehead atoms. The lowest BCUT2D eigenvalue weighted by Crippen LogP contribution is -2.43. The van der Waals surface area contributed by atoms with Crippen LogP contribution in [0.5, 0.6) is 0 Å². The number of carbonyl (C=O) groups excluding carboxylic acids is 1. The number of para-hydroxylation sites is 1. The Balaban J connectivity index is 2.01. The van der Waals surface area contributed by atoms with Crippen molar-refractivity contribution in [2.24, 2.45) is 5.92 Å². The van der Waals surface area contributed by atoms with Gasteiger partial charge >= 0.3 is 0 Å². The van der Waals surface area contributed by atoms with Crippen LogP contribution in [-0.4, -0.2) is 23.9 Å². The number of rotatable bonds is 3. The van der Waals surface area contributed by atoms with Gasteiger partial charge in [0.2, 0.25) is 5.91 Å². The number of amides is 1. The lowest BCUT2D eigenvalue weighted by atomic mass is 9.85. The highest BCUT2D eigenvalue weighted by Gasteiger charge is 2.27. The number of nitrogens with zero attached hydrogens (tertiary/aromatic N) is 1. The number of anilines is 1. The third kappa shape index (κ3) is 3.28. The van der Waals surface area contributed by atoms with Gasteiger partial charge in [-0.05, 0) is 30.4 Å². The Bertz CT molecular complexity index is 444. The fourth-order valence-electron chi connectivity index (χ4n) is 3.04. The Morgan fingerprint density at radius 2 is 2.00 bits per heavy atom. The van der Waals surface area contributed by atoms with Crippen LogP contribution in [0.25, 0.3) is 0 Å². The zero-order valence-electron chi connectivity index (χ0n) is 11.9. The summed E-state index contributed by atoms with van der Waals surface area (Å²) >= 11 is 0. The van der Waals surface area contributed by atoms with E-state index in [1.54, 1.807) is 0 Å². The van der Waals surface area contributed by atoms with Gasteiger partial charge < -0.3 is 10.6 Å². The maximum absolute atomic E-state index is 12.4. The molecule has 2 unspecified atom stereocenters. The summed E-state index contributed by atoms with van der Waals surface area (Å²) in [5.41, 5.74) is 7.55. The normalized spacial score (nSPS) is 23.1.